The van der Waals surface area contributed by atoms with Crippen LogP contribution in [0, 0.1) is 12.3 Å². The molecule has 1 rings (SSSR count). The predicted octanol–water partition coefficient (Wildman–Crippen LogP) is 1.69. The summed E-state index contributed by atoms with van der Waals surface area (Å²) in [5.74, 6) is 1.84. The van der Waals surface area contributed by atoms with Gasteiger partial charge in [-0.25, -0.2) is 0 Å². The molecule has 0 aromatic rings. The van der Waals surface area contributed by atoms with Crippen molar-refractivity contribution in [3.05, 3.63) is 0 Å². The topological polar surface area (TPSA) is 38.7 Å². The Balaban J connectivity index is 2.64. The first-order valence-electron chi connectivity index (χ1n) is 5.47. The summed E-state index contributed by atoms with van der Waals surface area (Å²) in [6.07, 6.45) is 6.40. The molecular formula is C12H20O3. The number of ether oxygens (including phenoxy) is 2. The van der Waals surface area contributed by atoms with Gasteiger partial charge in [-0.3, -0.25) is 0 Å². The van der Waals surface area contributed by atoms with Crippen LogP contribution >= 0.6 is 0 Å². The molecule has 1 heterocycles. The smallest absolute Gasteiger partial charge is 0.163 e. The Hall–Kier alpha value is -0.560. The first-order chi connectivity index (χ1) is 7.00. The van der Waals surface area contributed by atoms with Gasteiger partial charge in [-0.05, 0) is 20.3 Å². The molecule has 0 saturated carbocycles. The Morgan fingerprint density at radius 1 is 1.47 bits per heavy atom. The fraction of sp³-hybridized carbons (Fsp3) is 0.833. The van der Waals surface area contributed by atoms with E-state index in [2.05, 4.69) is 12.8 Å². The van der Waals surface area contributed by atoms with Gasteiger partial charge in [0.15, 0.2) is 5.79 Å². The molecule has 3 nitrogen and oxygen atoms in total. The van der Waals surface area contributed by atoms with E-state index in [0.717, 1.165) is 12.8 Å². The Morgan fingerprint density at radius 2 is 2.13 bits per heavy atom. The molecule has 0 unspecified atom stereocenters. The van der Waals surface area contributed by atoms with Gasteiger partial charge in [-0.2, -0.15) is 0 Å². The number of terminal acetylenes is 1. The number of hydrogen-bond donors (Lipinski definition) is 1. The van der Waals surface area contributed by atoms with Crippen LogP contribution in [0.2, 0.25) is 0 Å². The summed E-state index contributed by atoms with van der Waals surface area (Å²) in [5.41, 5.74) is 0. The second kappa shape index (κ2) is 4.98. The maximum absolute atomic E-state index is 9.83. The highest BCUT2D eigenvalue weighted by Crippen LogP contribution is 2.32. The zero-order valence-electron chi connectivity index (χ0n) is 9.69. The van der Waals surface area contributed by atoms with Crippen molar-refractivity contribution in [2.24, 2.45) is 0 Å². The van der Waals surface area contributed by atoms with Gasteiger partial charge in [-0.1, -0.05) is 13.3 Å². The first kappa shape index (κ1) is 12.5. The van der Waals surface area contributed by atoms with E-state index in [1.165, 1.54) is 0 Å². The lowest BCUT2D eigenvalue weighted by atomic mass is 10.0. The van der Waals surface area contributed by atoms with Crippen LogP contribution in [0.1, 0.15) is 40.0 Å². The van der Waals surface area contributed by atoms with Gasteiger partial charge in [0.05, 0.1) is 12.2 Å². The van der Waals surface area contributed by atoms with E-state index in [1.54, 1.807) is 0 Å². The molecule has 1 aliphatic heterocycles. The van der Waals surface area contributed by atoms with Crippen molar-refractivity contribution in [2.45, 2.75) is 64.1 Å². The van der Waals surface area contributed by atoms with Gasteiger partial charge in [0.1, 0.15) is 6.10 Å². The van der Waals surface area contributed by atoms with Crippen molar-refractivity contribution in [3.8, 4) is 12.3 Å². The quantitative estimate of drug-likeness (QED) is 0.721. The Kier molecular flexibility index (Phi) is 4.15. The fourth-order valence-corrected chi connectivity index (χ4v) is 1.93. The molecular weight excluding hydrogens is 192 g/mol. The summed E-state index contributed by atoms with van der Waals surface area (Å²) in [7, 11) is 0. The molecule has 0 radical (unpaired) electrons. The van der Waals surface area contributed by atoms with Gasteiger partial charge < -0.3 is 14.6 Å². The van der Waals surface area contributed by atoms with Crippen LogP contribution in [-0.4, -0.2) is 29.2 Å². The summed E-state index contributed by atoms with van der Waals surface area (Å²) in [6.45, 7) is 5.80. The van der Waals surface area contributed by atoms with Crippen molar-refractivity contribution in [1.29, 1.82) is 0 Å². The molecule has 15 heavy (non-hydrogen) atoms. The maximum Gasteiger partial charge on any atom is 0.163 e. The summed E-state index contributed by atoms with van der Waals surface area (Å²) < 4.78 is 11.4. The van der Waals surface area contributed by atoms with E-state index in [1.807, 2.05) is 13.8 Å². The van der Waals surface area contributed by atoms with E-state index in [0.29, 0.717) is 6.42 Å². The van der Waals surface area contributed by atoms with Crippen LogP contribution in [0.25, 0.3) is 0 Å². The van der Waals surface area contributed by atoms with E-state index in [-0.39, 0.29) is 12.2 Å². The number of aliphatic hydroxyl groups is 1. The average molecular weight is 212 g/mol. The molecule has 0 spiro atoms. The molecule has 1 N–H and O–H groups in total. The third kappa shape index (κ3) is 3.20. The van der Waals surface area contributed by atoms with Crippen LogP contribution in [0.5, 0.6) is 0 Å². The zero-order chi connectivity index (χ0) is 11.5. The van der Waals surface area contributed by atoms with Crippen molar-refractivity contribution in [3.63, 3.8) is 0 Å². The van der Waals surface area contributed by atoms with Gasteiger partial charge in [0.2, 0.25) is 0 Å². The van der Waals surface area contributed by atoms with Crippen LogP contribution in [0.3, 0.4) is 0 Å². The van der Waals surface area contributed by atoms with Gasteiger partial charge in [-0.15, -0.1) is 12.3 Å². The van der Waals surface area contributed by atoms with Crippen molar-refractivity contribution < 1.29 is 14.6 Å². The average Bonchev–Trinajstić information content (AvgIpc) is 2.42. The van der Waals surface area contributed by atoms with Crippen LogP contribution < -0.4 is 0 Å². The Morgan fingerprint density at radius 3 is 2.67 bits per heavy atom. The molecule has 0 aliphatic carbocycles. The van der Waals surface area contributed by atoms with Crippen LogP contribution in [-0.2, 0) is 9.47 Å². The maximum atomic E-state index is 9.83. The summed E-state index contributed by atoms with van der Waals surface area (Å²) in [6, 6.07) is 0. The summed E-state index contributed by atoms with van der Waals surface area (Å²) in [4.78, 5) is 0. The zero-order valence-corrected chi connectivity index (χ0v) is 9.69. The van der Waals surface area contributed by atoms with Gasteiger partial charge in [0, 0.05) is 6.42 Å². The highest BCUT2D eigenvalue weighted by Gasteiger charge is 2.43. The predicted molar refractivity (Wildman–Crippen MR) is 58.2 cm³/mol. The highest BCUT2D eigenvalue weighted by atomic mass is 16.8. The molecule has 3 heteroatoms. The second-order valence-corrected chi connectivity index (χ2v) is 4.40. The third-order valence-electron chi connectivity index (χ3n) is 2.50. The lowest BCUT2D eigenvalue weighted by molar-refractivity contribution is -0.155. The number of hydrogen-bond acceptors (Lipinski definition) is 3. The fourth-order valence-electron chi connectivity index (χ4n) is 1.93. The summed E-state index contributed by atoms with van der Waals surface area (Å²) in [5, 5.41) is 9.83. The van der Waals surface area contributed by atoms with Crippen LogP contribution in [0.15, 0.2) is 0 Å². The molecule has 0 bridgehead atoms. The van der Waals surface area contributed by atoms with Crippen LogP contribution in [0.4, 0.5) is 0 Å². The summed E-state index contributed by atoms with van der Waals surface area (Å²) >= 11 is 0. The van der Waals surface area contributed by atoms with Crippen molar-refractivity contribution >= 4 is 0 Å². The van der Waals surface area contributed by atoms with E-state index >= 15 is 0 Å². The third-order valence-corrected chi connectivity index (χ3v) is 2.50. The highest BCUT2D eigenvalue weighted by molar-refractivity contribution is 4.94. The molecule has 86 valence electrons. The minimum atomic E-state index is -0.631. The number of rotatable bonds is 4. The Labute approximate surface area is 91.8 Å². The van der Waals surface area contributed by atoms with E-state index in [9.17, 15) is 5.11 Å². The molecule has 3 atom stereocenters. The monoisotopic (exact) mass is 212 g/mol. The minimum absolute atomic E-state index is 0.0478. The molecule has 0 aromatic heterocycles. The van der Waals surface area contributed by atoms with Crippen molar-refractivity contribution in [2.75, 3.05) is 0 Å². The standard InChI is InChI=1S/C12H20O3/c1-5-7-9(13)11-10(8-6-2)14-12(3,4)15-11/h1,9-11,13H,6-8H2,2-4H3/t9-,10+,11+/m0/s1. The molecule has 0 aromatic carbocycles. The SMILES string of the molecule is C#CC[C@H](O)[C@H]1OC(C)(C)O[C@@H]1CCC. The largest absolute Gasteiger partial charge is 0.389 e. The molecule has 0 amide bonds. The van der Waals surface area contributed by atoms with Crippen molar-refractivity contribution in [1.82, 2.24) is 0 Å². The van der Waals surface area contributed by atoms with E-state index < -0.39 is 11.9 Å². The number of aliphatic hydroxyl groups excluding tert-OH is 1. The first-order valence-corrected chi connectivity index (χ1v) is 5.47. The lowest BCUT2D eigenvalue weighted by Crippen LogP contribution is -2.35. The lowest BCUT2D eigenvalue weighted by Gasteiger charge is -2.20. The normalized spacial score (nSPS) is 31.1. The molecule has 1 fully saturated rings. The van der Waals surface area contributed by atoms with Gasteiger partial charge >= 0.3 is 0 Å². The molecule has 1 saturated heterocycles. The van der Waals surface area contributed by atoms with E-state index in [4.69, 9.17) is 15.9 Å². The van der Waals surface area contributed by atoms with Gasteiger partial charge in [0.25, 0.3) is 0 Å². The second-order valence-electron chi connectivity index (χ2n) is 4.40. The molecule has 1 aliphatic rings. The Bertz CT molecular complexity index is 242. The minimum Gasteiger partial charge on any atom is -0.389 e.